The van der Waals surface area contributed by atoms with E-state index in [1.807, 2.05) is 0 Å². The third kappa shape index (κ3) is 2.25. The molecule has 1 heterocycles. The highest BCUT2D eigenvalue weighted by Crippen LogP contribution is 2.23. The van der Waals surface area contributed by atoms with E-state index in [-0.39, 0.29) is 0 Å². The van der Waals surface area contributed by atoms with Crippen molar-refractivity contribution in [3.8, 4) is 6.07 Å². The first-order chi connectivity index (χ1) is 6.97. The van der Waals surface area contributed by atoms with Crippen LogP contribution in [-0.4, -0.2) is 10.2 Å². The Bertz CT molecular complexity index is 456. The number of alkyl halides is 2. The molecular formula is C8H2ClF3N2O. The number of halogens is 4. The second-order valence-electron chi connectivity index (χ2n) is 2.45. The van der Waals surface area contributed by atoms with Crippen LogP contribution in [0.15, 0.2) is 6.07 Å². The molecule has 1 aromatic rings. The molecule has 0 saturated heterocycles. The van der Waals surface area contributed by atoms with Gasteiger partial charge in [0.15, 0.2) is 0 Å². The van der Waals surface area contributed by atoms with Crippen LogP contribution in [0.4, 0.5) is 13.2 Å². The largest absolute Gasteiger partial charge is 0.274 e. The Hall–Kier alpha value is -1.61. The minimum Gasteiger partial charge on any atom is -0.274 e. The van der Waals surface area contributed by atoms with Crippen LogP contribution >= 0.6 is 11.6 Å². The molecule has 0 fully saturated rings. The van der Waals surface area contributed by atoms with Gasteiger partial charge in [-0.05, 0) is 17.7 Å². The molecule has 3 nitrogen and oxygen atoms in total. The minimum absolute atomic E-state index is 0.480. The molecule has 0 amide bonds. The van der Waals surface area contributed by atoms with Gasteiger partial charge in [0.05, 0.1) is 11.1 Å². The normalized spacial score (nSPS) is 10.1. The fourth-order valence-electron chi connectivity index (χ4n) is 0.894. The molecule has 0 aliphatic rings. The van der Waals surface area contributed by atoms with Crippen LogP contribution < -0.4 is 0 Å². The summed E-state index contributed by atoms with van der Waals surface area (Å²) in [6, 6.07) is 1.99. The second kappa shape index (κ2) is 4.28. The maximum Gasteiger partial charge on any atom is 0.272 e. The molecule has 0 unspecified atom stereocenters. The molecule has 0 aromatic carbocycles. The van der Waals surface area contributed by atoms with Crippen LogP contribution in [0, 0.1) is 17.3 Å². The summed E-state index contributed by atoms with van der Waals surface area (Å²) in [5.74, 6) is -1.51. The number of carbonyl (C=O) groups is 1. The Labute approximate surface area is 87.1 Å². The van der Waals surface area contributed by atoms with Crippen molar-refractivity contribution in [1.82, 2.24) is 4.98 Å². The molecule has 0 radical (unpaired) electrons. The van der Waals surface area contributed by atoms with Crippen molar-refractivity contribution in [2.45, 2.75) is 6.43 Å². The molecule has 0 N–H and O–H groups in total. The lowest BCUT2D eigenvalue weighted by atomic mass is 10.1. The highest BCUT2D eigenvalue weighted by atomic mass is 35.5. The van der Waals surface area contributed by atoms with Crippen LogP contribution in [-0.2, 0) is 0 Å². The molecular weight excluding hydrogens is 233 g/mol. The van der Waals surface area contributed by atoms with Gasteiger partial charge in [-0.15, -0.1) is 0 Å². The molecule has 15 heavy (non-hydrogen) atoms. The van der Waals surface area contributed by atoms with Crippen LogP contribution in [0.5, 0.6) is 0 Å². The van der Waals surface area contributed by atoms with Crippen LogP contribution in [0.25, 0.3) is 0 Å². The standard InChI is InChI=1S/C8H2ClF3N2O/c9-6(15)5-3(2-13)1-4(7(10)11)8(12)14-5/h1,7H. The van der Waals surface area contributed by atoms with Crippen LogP contribution in [0.1, 0.15) is 28.0 Å². The number of pyridine rings is 1. The Morgan fingerprint density at radius 1 is 1.60 bits per heavy atom. The van der Waals surface area contributed by atoms with E-state index in [0.717, 1.165) is 0 Å². The zero-order valence-corrected chi connectivity index (χ0v) is 7.73. The fraction of sp³-hybridized carbons (Fsp3) is 0.125. The lowest BCUT2D eigenvalue weighted by Gasteiger charge is -2.03. The zero-order chi connectivity index (χ0) is 11.6. The van der Waals surface area contributed by atoms with Gasteiger partial charge in [-0.1, -0.05) is 0 Å². The summed E-state index contributed by atoms with van der Waals surface area (Å²) in [6.07, 6.45) is -3.11. The molecule has 0 bridgehead atoms. The molecule has 1 aromatic heterocycles. The second-order valence-corrected chi connectivity index (χ2v) is 2.79. The van der Waals surface area contributed by atoms with Gasteiger partial charge in [0.1, 0.15) is 11.8 Å². The summed E-state index contributed by atoms with van der Waals surface area (Å²) >= 11 is 4.98. The van der Waals surface area contributed by atoms with Gasteiger partial charge in [0.25, 0.3) is 11.7 Å². The summed E-state index contributed by atoms with van der Waals surface area (Å²) in [4.78, 5) is 13.6. The Morgan fingerprint density at radius 2 is 2.20 bits per heavy atom. The summed E-state index contributed by atoms with van der Waals surface area (Å²) in [6.45, 7) is 0. The zero-order valence-electron chi connectivity index (χ0n) is 6.97. The monoisotopic (exact) mass is 234 g/mol. The van der Waals surface area contributed by atoms with E-state index in [2.05, 4.69) is 4.98 Å². The number of carbonyl (C=O) groups excluding carboxylic acids is 1. The van der Waals surface area contributed by atoms with Gasteiger partial charge in [-0.2, -0.15) is 9.65 Å². The third-order valence-electron chi connectivity index (χ3n) is 1.54. The summed E-state index contributed by atoms with van der Waals surface area (Å²) in [7, 11) is 0. The van der Waals surface area contributed by atoms with Crippen molar-refractivity contribution < 1.29 is 18.0 Å². The van der Waals surface area contributed by atoms with Gasteiger partial charge < -0.3 is 0 Å². The van der Waals surface area contributed by atoms with Crippen molar-refractivity contribution >= 4 is 16.8 Å². The Kier molecular flexibility index (Phi) is 3.27. The number of nitriles is 1. The highest BCUT2D eigenvalue weighted by molar-refractivity contribution is 6.67. The van der Waals surface area contributed by atoms with E-state index in [0.29, 0.717) is 6.07 Å². The Balaban J connectivity index is 3.44. The number of hydrogen-bond acceptors (Lipinski definition) is 3. The third-order valence-corrected chi connectivity index (χ3v) is 1.72. The van der Waals surface area contributed by atoms with Crippen molar-refractivity contribution in [2.75, 3.05) is 0 Å². The quantitative estimate of drug-likeness (QED) is 0.583. The average Bonchev–Trinajstić information content (AvgIpc) is 2.16. The van der Waals surface area contributed by atoms with Gasteiger partial charge in [0.2, 0.25) is 5.95 Å². The van der Waals surface area contributed by atoms with Crippen molar-refractivity contribution in [3.63, 3.8) is 0 Å². The van der Waals surface area contributed by atoms with Gasteiger partial charge in [-0.25, -0.2) is 13.8 Å². The highest BCUT2D eigenvalue weighted by Gasteiger charge is 2.20. The van der Waals surface area contributed by atoms with Crippen molar-refractivity contribution in [3.05, 3.63) is 28.8 Å². The number of rotatable bonds is 2. The van der Waals surface area contributed by atoms with Crippen molar-refractivity contribution in [2.24, 2.45) is 0 Å². The molecule has 0 spiro atoms. The van der Waals surface area contributed by atoms with E-state index in [1.165, 1.54) is 6.07 Å². The van der Waals surface area contributed by atoms with E-state index >= 15 is 0 Å². The SMILES string of the molecule is N#Cc1cc(C(F)F)c(F)nc1C(=O)Cl. The Morgan fingerprint density at radius 3 is 2.60 bits per heavy atom. The maximum absolute atomic E-state index is 12.9. The summed E-state index contributed by atoms with van der Waals surface area (Å²) in [5.41, 5.74) is -2.18. The lowest BCUT2D eigenvalue weighted by molar-refractivity contribution is 0.107. The minimum atomic E-state index is -3.11. The average molecular weight is 235 g/mol. The summed E-state index contributed by atoms with van der Waals surface area (Å²) in [5, 5.41) is 7.32. The molecule has 0 atom stereocenters. The predicted octanol–water partition coefficient (Wildman–Crippen LogP) is 2.41. The molecule has 0 saturated carbocycles. The van der Waals surface area contributed by atoms with Crippen molar-refractivity contribution in [1.29, 1.82) is 5.26 Å². The molecule has 7 heteroatoms. The first-order valence-corrected chi connectivity index (χ1v) is 3.93. The van der Waals surface area contributed by atoms with E-state index in [1.54, 1.807) is 0 Å². The topological polar surface area (TPSA) is 53.8 Å². The van der Waals surface area contributed by atoms with Crippen LogP contribution in [0.3, 0.4) is 0 Å². The van der Waals surface area contributed by atoms with E-state index in [4.69, 9.17) is 16.9 Å². The van der Waals surface area contributed by atoms with Gasteiger partial charge in [0, 0.05) is 0 Å². The fourth-order valence-corrected chi connectivity index (χ4v) is 1.04. The smallest absolute Gasteiger partial charge is 0.272 e. The number of nitrogens with zero attached hydrogens (tertiary/aromatic N) is 2. The lowest BCUT2D eigenvalue weighted by Crippen LogP contribution is -2.05. The first kappa shape index (κ1) is 11.5. The molecule has 1 rings (SSSR count). The predicted molar refractivity (Wildman–Crippen MR) is 44.1 cm³/mol. The maximum atomic E-state index is 12.9. The van der Waals surface area contributed by atoms with Gasteiger partial charge >= 0.3 is 0 Å². The van der Waals surface area contributed by atoms with Gasteiger partial charge in [-0.3, -0.25) is 4.79 Å². The molecule has 0 aliphatic carbocycles. The number of hydrogen-bond donors (Lipinski definition) is 0. The van der Waals surface area contributed by atoms with E-state index in [9.17, 15) is 18.0 Å². The van der Waals surface area contributed by atoms with Crippen LogP contribution in [0.2, 0.25) is 0 Å². The van der Waals surface area contributed by atoms with E-state index < -0.39 is 34.4 Å². The first-order valence-electron chi connectivity index (χ1n) is 3.56. The molecule has 78 valence electrons. The molecule has 0 aliphatic heterocycles. The number of aromatic nitrogens is 1. The summed E-state index contributed by atoms with van der Waals surface area (Å²) < 4.78 is 37.2.